The summed E-state index contributed by atoms with van der Waals surface area (Å²) in [6.45, 7) is 12.0. The van der Waals surface area contributed by atoms with Gasteiger partial charge in [0.25, 0.3) is 0 Å². The Labute approximate surface area is 114 Å². The van der Waals surface area contributed by atoms with Crippen LogP contribution in [-0.4, -0.2) is 15.8 Å². The first-order chi connectivity index (χ1) is 8.04. The van der Waals surface area contributed by atoms with E-state index in [1.165, 1.54) is 17.3 Å². The highest BCUT2D eigenvalue weighted by Crippen LogP contribution is 2.36. The van der Waals surface area contributed by atoms with E-state index < -0.39 is 10.7 Å². The minimum Gasteiger partial charge on any atom is -0.480 e. The molecule has 3 heteroatoms. The van der Waals surface area contributed by atoms with Gasteiger partial charge in [0.15, 0.2) is 0 Å². The maximum absolute atomic E-state index is 11.1. The van der Waals surface area contributed by atoms with Crippen molar-refractivity contribution in [1.82, 2.24) is 0 Å². The second kappa shape index (κ2) is 4.96. The average molecular weight is 266 g/mol. The molecule has 0 radical (unpaired) electrons. The molecule has 2 nitrogen and oxygen atoms in total. The summed E-state index contributed by atoms with van der Waals surface area (Å²) in [6, 6.07) is 6.28. The third kappa shape index (κ3) is 3.52. The number of carboxylic acid groups (broad SMARTS) is 1. The average Bonchev–Trinajstić information content (AvgIpc) is 2.19. The highest BCUT2D eigenvalue weighted by molar-refractivity contribution is 8.01. The fraction of sp³-hybridized carbons (Fsp3) is 0.533. The Morgan fingerprint density at radius 1 is 1.17 bits per heavy atom. The molecule has 0 amide bonds. The van der Waals surface area contributed by atoms with Gasteiger partial charge in [-0.2, -0.15) is 0 Å². The number of rotatable bonds is 3. The number of carboxylic acids is 1. The van der Waals surface area contributed by atoms with Crippen molar-refractivity contribution in [2.24, 2.45) is 0 Å². The molecule has 100 valence electrons. The van der Waals surface area contributed by atoms with E-state index in [0.717, 1.165) is 10.5 Å². The molecule has 0 spiro atoms. The van der Waals surface area contributed by atoms with Gasteiger partial charge in [0, 0.05) is 4.90 Å². The Kier molecular flexibility index (Phi) is 4.16. The molecule has 0 aromatic heterocycles. The zero-order valence-electron chi connectivity index (χ0n) is 12.0. The molecule has 0 saturated heterocycles. The van der Waals surface area contributed by atoms with Crippen LogP contribution >= 0.6 is 11.8 Å². The summed E-state index contributed by atoms with van der Waals surface area (Å²) in [5, 5.41) is 9.16. The van der Waals surface area contributed by atoms with E-state index in [-0.39, 0.29) is 5.41 Å². The minimum absolute atomic E-state index is 0.121. The summed E-state index contributed by atoms with van der Waals surface area (Å²) in [7, 11) is 0. The van der Waals surface area contributed by atoms with Gasteiger partial charge in [0.1, 0.15) is 4.75 Å². The molecular formula is C15H22O2S. The molecule has 1 rings (SSSR count). The van der Waals surface area contributed by atoms with E-state index in [0.29, 0.717) is 0 Å². The molecule has 0 bridgehead atoms. The third-order valence-corrected chi connectivity index (χ3v) is 4.28. The third-order valence-electron chi connectivity index (χ3n) is 2.92. The van der Waals surface area contributed by atoms with Crippen molar-refractivity contribution in [3.05, 3.63) is 29.3 Å². The van der Waals surface area contributed by atoms with Gasteiger partial charge in [-0.1, -0.05) is 32.9 Å². The summed E-state index contributed by atoms with van der Waals surface area (Å²) in [4.78, 5) is 12.2. The molecule has 1 N–H and O–H groups in total. The van der Waals surface area contributed by atoms with E-state index in [1.807, 2.05) is 13.0 Å². The van der Waals surface area contributed by atoms with Gasteiger partial charge in [-0.25, -0.2) is 0 Å². The second-order valence-corrected chi connectivity index (χ2v) is 7.81. The lowest BCUT2D eigenvalue weighted by Crippen LogP contribution is -2.27. The number of benzene rings is 1. The normalized spacial score (nSPS) is 12.6. The van der Waals surface area contributed by atoms with Crippen molar-refractivity contribution in [1.29, 1.82) is 0 Å². The maximum atomic E-state index is 11.1. The Morgan fingerprint density at radius 3 is 2.11 bits per heavy atom. The maximum Gasteiger partial charge on any atom is 0.319 e. The van der Waals surface area contributed by atoms with Crippen molar-refractivity contribution < 1.29 is 9.90 Å². The van der Waals surface area contributed by atoms with E-state index in [4.69, 9.17) is 5.11 Å². The lowest BCUT2D eigenvalue weighted by atomic mass is 9.86. The van der Waals surface area contributed by atoms with Gasteiger partial charge in [0.05, 0.1) is 0 Å². The van der Waals surface area contributed by atoms with Crippen LogP contribution in [-0.2, 0) is 10.2 Å². The number of thioether (sulfide) groups is 1. The van der Waals surface area contributed by atoms with E-state index >= 15 is 0 Å². The molecule has 1 aromatic carbocycles. The lowest BCUT2D eigenvalue weighted by Gasteiger charge is -2.23. The summed E-state index contributed by atoms with van der Waals surface area (Å²) >= 11 is 1.40. The first kappa shape index (κ1) is 15.1. The van der Waals surface area contributed by atoms with Crippen LogP contribution in [0.4, 0.5) is 0 Å². The number of aryl methyl sites for hydroxylation is 1. The van der Waals surface area contributed by atoms with Crippen LogP contribution in [0.15, 0.2) is 23.1 Å². The molecule has 18 heavy (non-hydrogen) atoms. The monoisotopic (exact) mass is 266 g/mol. The summed E-state index contributed by atoms with van der Waals surface area (Å²) in [6.07, 6.45) is 0. The summed E-state index contributed by atoms with van der Waals surface area (Å²) < 4.78 is -0.798. The highest BCUT2D eigenvalue weighted by atomic mass is 32.2. The van der Waals surface area contributed by atoms with Crippen LogP contribution in [0.25, 0.3) is 0 Å². The Morgan fingerprint density at radius 2 is 1.72 bits per heavy atom. The van der Waals surface area contributed by atoms with E-state index in [1.54, 1.807) is 13.8 Å². The Balaban J connectivity index is 3.04. The standard InChI is InChI=1S/C15H22O2S/c1-10-9-11(14(2,3)4)7-8-12(10)18-15(5,6)13(16)17/h7-9H,1-6H3,(H,16,17). The van der Waals surface area contributed by atoms with Crippen LogP contribution in [0.1, 0.15) is 45.7 Å². The number of hydrogen-bond acceptors (Lipinski definition) is 2. The van der Waals surface area contributed by atoms with Crippen molar-refractivity contribution in [2.45, 2.75) is 56.6 Å². The zero-order valence-corrected chi connectivity index (χ0v) is 12.8. The highest BCUT2D eigenvalue weighted by Gasteiger charge is 2.29. The number of hydrogen-bond donors (Lipinski definition) is 1. The molecule has 0 atom stereocenters. The van der Waals surface area contributed by atoms with E-state index in [9.17, 15) is 4.79 Å². The fourth-order valence-electron chi connectivity index (χ4n) is 1.55. The number of carbonyl (C=O) groups is 1. The van der Waals surface area contributed by atoms with Crippen molar-refractivity contribution in [2.75, 3.05) is 0 Å². The minimum atomic E-state index is -0.798. The SMILES string of the molecule is Cc1cc(C(C)(C)C)ccc1SC(C)(C)C(=O)O. The molecule has 0 aliphatic rings. The van der Waals surface area contributed by atoms with Gasteiger partial charge in [-0.3, -0.25) is 4.79 Å². The van der Waals surface area contributed by atoms with Gasteiger partial charge in [-0.05, 0) is 43.4 Å². The molecule has 1 aromatic rings. The molecule has 0 aliphatic carbocycles. The summed E-state index contributed by atoms with van der Waals surface area (Å²) in [5.41, 5.74) is 2.54. The first-order valence-electron chi connectivity index (χ1n) is 6.07. The van der Waals surface area contributed by atoms with Crippen molar-refractivity contribution >= 4 is 17.7 Å². The Bertz CT molecular complexity index is 456. The molecule has 0 saturated carbocycles. The largest absolute Gasteiger partial charge is 0.480 e. The van der Waals surface area contributed by atoms with Gasteiger partial charge in [-0.15, -0.1) is 11.8 Å². The van der Waals surface area contributed by atoms with Crippen LogP contribution in [0.5, 0.6) is 0 Å². The quantitative estimate of drug-likeness (QED) is 0.831. The van der Waals surface area contributed by atoms with Crippen LogP contribution in [0.3, 0.4) is 0 Å². The van der Waals surface area contributed by atoms with Gasteiger partial charge < -0.3 is 5.11 Å². The summed E-state index contributed by atoms with van der Waals surface area (Å²) in [5.74, 6) is -0.785. The van der Waals surface area contributed by atoms with Gasteiger partial charge in [0.2, 0.25) is 0 Å². The zero-order chi connectivity index (χ0) is 14.1. The second-order valence-electron chi connectivity index (χ2n) is 6.15. The molecular weight excluding hydrogens is 244 g/mol. The molecule has 0 aliphatic heterocycles. The van der Waals surface area contributed by atoms with Gasteiger partial charge >= 0.3 is 5.97 Å². The van der Waals surface area contributed by atoms with E-state index in [2.05, 4.69) is 32.9 Å². The van der Waals surface area contributed by atoms with Crippen LogP contribution < -0.4 is 0 Å². The predicted octanol–water partition coefficient (Wildman–Crippen LogP) is 4.25. The Hall–Kier alpha value is -0.960. The predicted molar refractivity (Wildman–Crippen MR) is 77.5 cm³/mol. The lowest BCUT2D eigenvalue weighted by molar-refractivity contribution is -0.138. The van der Waals surface area contributed by atoms with Crippen molar-refractivity contribution in [3.63, 3.8) is 0 Å². The first-order valence-corrected chi connectivity index (χ1v) is 6.89. The number of aliphatic carboxylic acids is 1. The smallest absolute Gasteiger partial charge is 0.319 e. The topological polar surface area (TPSA) is 37.3 Å². The van der Waals surface area contributed by atoms with Crippen LogP contribution in [0.2, 0.25) is 0 Å². The van der Waals surface area contributed by atoms with Crippen molar-refractivity contribution in [3.8, 4) is 0 Å². The molecule has 0 unspecified atom stereocenters. The molecule has 0 heterocycles. The fourth-order valence-corrected chi connectivity index (χ4v) is 2.54. The van der Waals surface area contributed by atoms with Crippen LogP contribution in [0, 0.1) is 6.92 Å². The molecule has 0 fully saturated rings.